The van der Waals surface area contributed by atoms with Gasteiger partial charge in [0.2, 0.25) is 0 Å². The molecule has 0 saturated heterocycles. The van der Waals surface area contributed by atoms with Crippen molar-refractivity contribution < 1.29 is 61.7 Å². The van der Waals surface area contributed by atoms with Crippen LogP contribution in [0.25, 0.3) is 0 Å². The van der Waals surface area contributed by atoms with Crippen molar-refractivity contribution in [3.05, 3.63) is 0 Å². The molecule has 0 rings (SSSR count). The van der Waals surface area contributed by atoms with Crippen LogP contribution in [0.1, 0.15) is 104 Å². The van der Waals surface area contributed by atoms with Crippen LogP contribution in [0.4, 0.5) is 0 Å². The molecule has 0 fully saturated rings. The van der Waals surface area contributed by atoms with E-state index in [1.54, 1.807) is 0 Å². The molecule has 0 aromatic rings. The lowest BCUT2D eigenvalue weighted by molar-refractivity contribution is -0.893. The van der Waals surface area contributed by atoms with Crippen molar-refractivity contribution in [2.45, 2.75) is 167 Å². The molecule has 8 nitrogen and oxygen atoms in total. The molecule has 0 aromatic carbocycles. The summed E-state index contributed by atoms with van der Waals surface area (Å²) in [5.41, 5.74) is 0. The minimum atomic E-state index is -2.28. The maximum absolute atomic E-state index is 10.6. The van der Waals surface area contributed by atoms with Gasteiger partial charge in [-0.3, -0.25) is 0 Å². The smallest absolute Gasteiger partial charge is 0.311 e. The normalized spacial score (nSPS) is 14.2. The molecule has 2 unspecified atom stereocenters. The van der Waals surface area contributed by atoms with Gasteiger partial charge in [0.25, 0.3) is 0 Å². The molecular formula is C38H88Cl2N2O6Si3. The van der Waals surface area contributed by atoms with Crippen LogP contribution < -0.4 is 24.8 Å². The largest absolute Gasteiger partial charge is 1.00 e. The van der Waals surface area contributed by atoms with E-state index in [9.17, 15) is 10.2 Å². The molecule has 0 aliphatic rings. The summed E-state index contributed by atoms with van der Waals surface area (Å²) < 4.78 is 27.1. The van der Waals surface area contributed by atoms with Crippen molar-refractivity contribution in [3.63, 3.8) is 0 Å². The second kappa shape index (κ2) is 30.1. The van der Waals surface area contributed by atoms with Crippen molar-refractivity contribution >= 4 is 25.2 Å². The van der Waals surface area contributed by atoms with Crippen molar-refractivity contribution in [1.29, 1.82) is 0 Å². The Labute approximate surface area is 333 Å². The monoisotopic (exact) mass is 823 g/mol. The predicted molar refractivity (Wildman–Crippen MR) is 218 cm³/mol. The Balaban J connectivity index is -0.0000115. The lowest BCUT2D eigenvalue weighted by Gasteiger charge is -2.38. The molecule has 0 spiro atoms. The standard InChI is InChI=1S/C38H88N2O6Si3.2ClH/c1-13-15-17-19-21-23-27-39(3,4)33-37(41)35-43-29-25-31-47(7,8)45-49(11,12)46-48(9,10)32-26-30-44-36-38(42)34-40(5,6)28-24-22-20-18-16-14-2;;/h37-38,41-42H,13-36H2,1-12H3;2*1H/q+2;;/p-2. The third kappa shape index (κ3) is 35.1. The summed E-state index contributed by atoms with van der Waals surface area (Å²) in [7, 11) is 2.76. The Hall–Kier alpha value is 0.911. The SMILES string of the molecule is CCCCCCCC[N+](C)(C)CC(O)COCCC[Si](C)(C)O[Si](C)(C)O[Si](C)(C)CCCOCC(O)C[N+](C)(C)CCCCCCCC.[Cl-].[Cl-]. The Morgan fingerprint density at radius 3 is 1.14 bits per heavy atom. The maximum atomic E-state index is 10.6. The molecule has 2 atom stereocenters. The van der Waals surface area contributed by atoms with Gasteiger partial charge in [-0.2, -0.15) is 0 Å². The highest BCUT2D eigenvalue weighted by atomic mass is 35.5. The fourth-order valence-corrected chi connectivity index (χ4v) is 21.2. The first-order valence-corrected chi connectivity index (χ1v) is 29.3. The van der Waals surface area contributed by atoms with E-state index < -0.39 is 37.4 Å². The van der Waals surface area contributed by atoms with Crippen molar-refractivity contribution in [1.82, 2.24) is 0 Å². The molecule has 0 aliphatic heterocycles. The lowest BCUT2D eigenvalue weighted by atomic mass is 10.1. The summed E-state index contributed by atoms with van der Waals surface area (Å²) >= 11 is 0. The Bertz CT molecular complexity index is 752. The molecule has 312 valence electrons. The number of quaternary nitrogens is 2. The minimum absolute atomic E-state index is 0. The molecule has 0 bridgehead atoms. The van der Waals surface area contributed by atoms with Gasteiger partial charge in [-0.05, 0) is 89.9 Å². The molecule has 0 saturated carbocycles. The first-order chi connectivity index (χ1) is 22.7. The van der Waals surface area contributed by atoms with Crippen LogP contribution in [0.3, 0.4) is 0 Å². The van der Waals surface area contributed by atoms with Crippen LogP contribution in [0, 0.1) is 0 Å². The van der Waals surface area contributed by atoms with E-state index in [1.165, 1.54) is 77.0 Å². The Kier molecular flexibility index (Phi) is 33.2. The minimum Gasteiger partial charge on any atom is -1.00 e. The van der Waals surface area contributed by atoms with Gasteiger partial charge in [0, 0.05) is 13.2 Å². The van der Waals surface area contributed by atoms with Gasteiger partial charge in [-0.15, -0.1) is 0 Å². The number of unbranched alkanes of at least 4 members (excludes halogenated alkanes) is 10. The first kappa shape index (κ1) is 56.2. The topological polar surface area (TPSA) is 77.4 Å². The van der Waals surface area contributed by atoms with Gasteiger partial charge < -0.3 is 61.7 Å². The summed E-state index contributed by atoms with van der Waals surface area (Å²) in [5, 5.41) is 21.2. The fourth-order valence-electron chi connectivity index (χ4n) is 7.16. The number of halogens is 2. The van der Waals surface area contributed by atoms with Crippen molar-refractivity contribution in [3.8, 4) is 0 Å². The summed E-state index contributed by atoms with van der Waals surface area (Å²) in [6, 6.07) is 2.05. The van der Waals surface area contributed by atoms with E-state index in [1.807, 2.05) is 0 Å². The van der Waals surface area contributed by atoms with Gasteiger partial charge in [0.15, 0.2) is 16.6 Å². The third-order valence-corrected chi connectivity index (χ3v) is 20.9. The molecule has 0 aromatic heterocycles. The number of rotatable bonds is 34. The quantitative estimate of drug-likeness (QED) is 0.0591. The number of nitrogens with zero attached hydrogens (tertiary/aromatic N) is 2. The summed E-state index contributed by atoms with van der Waals surface area (Å²) in [6.07, 6.45) is 16.7. The molecule has 51 heavy (non-hydrogen) atoms. The number of hydrogen-bond acceptors (Lipinski definition) is 6. The average Bonchev–Trinajstić information content (AvgIpc) is 2.94. The zero-order chi connectivity index (χ0) is 37.5. The van der Waals surface area contributed by atoms with Gasteiger partial charge in [-0.1, -0.05) is 65.2 Å². The number of aliphatic hydroxyl groups excluding tert-OH is 2. The second-order valence-electron chi connectivity index (χ2n) is 18.0. The number of likely N-dealkylation sites (N-methyl/N-ethyl adjacent to an activating group) is 2. The number of ether oxygens (including phenoxy) is 2. The van der Waals surface area contributed by atoms with Crippen LogP contribution in [0.2, 0.25) is 51.4 Å². The number of aliphatic hydroxyl groups is 2. The van der Waals surface area contributed by atoms with Crippen molar-refractivity contribution in [2.75, 3.05) is 80.8 Å². The van der Waals surface area contributed by atoms with E-state index >= 15 is 0 Å². The molecule has 13 heteroatoms. The van der Waals surface area contributed by atoms with Crippen LogP contribution in [0.15, 0.2) is 0 Å². The third-order valence-electron chi connectivity index (χ3n) is 9.44. The zero-order valence-corrected chi connectivity index (χ0v) is 40.3. The second-order valence-corrected chi connectivity index (χ2v) is 30.5. The highest BCUT2D eigenvalue weighted by molar-refractivity contribution is 6.87. The van der Waals surface area contributed by atoms with Crippen LogP contribution >= 0.6 is 0 Å². The molecular weight excluding hydrogens is 736 g/mol. The van der Waals surface area contributed by atoms with Gasteiger partial charge >= 0.3 is 8.56 Å². The summed E-state index contributed by atoms with van der Waals surface area (Å²) in [4.78, 5) is 0. The van der Waals surface area contributed by atoms with Crippen LogP contribution in [-0.2, 0) is 17.7 Å². The highest BCUT2D eigenvalue weighted by Gasteiger charge is 2.39. The van der Waals surface area contributed by atoms with Crippen LogP contribution in [0.5, 0.6) is 0 Å². The van der Waals surface area contributed by atoms with Gasteiger partial charge in [0.05, 0.1) is 54.5 Å². The summed E-state index contributed by atoms with van der Waals surface area (Å²) in [6.45, 7) is 23.9. The van der Waals surface area contributed by atoms with E-state index in [0.29, 0.717) is 26.4 Å². The first-order valence-electron chi connectivity index (χ1n) is 20.3. The molecule has 0 heterocycles. The fraction of sp³-hybridized carbons (Fsp3) is 1.00. The molecule has 0 aliphatic carbocycles. The highest BCUT2D eigenvalue weighted by Crippen LogP contribution is 2.26. The zero-order valence-electron chi connectivity index (χ0n) is 35.8. The van der Waals surface area contributed by atoms with E-state index in [2.05, 4.69) is 81.3 Å². The average molecular weight is 824 g/mol. The Morgan fingerprint density at radius 2 is 0.804 bits per heavy atom. The van der Waals surface area contributed by atoms with Gasteiger partial charge in [-0.25, -0.2) is 0 Å². The molecule has 0 amide bonds. The maximum Gasteiger partial charge on any atom is 0.311 e. The van der Waals surface area contributed by atoms with E-state index in [0.717, 1.165) is 60.1 Å². The summed E-state index contributed by atoms with van der Waals surface area (Å²) in [5.74, 6) is 0. The molecule has 0 radical (unpaired) electrons. The van der Waals surface area contributed by atoms with Crippen LogP contribution in [-0.4, -0.2) is 137 Å². The lowest BCUT2D eigenvalue weighted by Crippen LogP contribution is -3.00. The predicted octanol–water partition coefficient (Wildman–Crippen LogP) is 2.55. The van der Waals surface area contributed by atoms with E-state index in [4.69, 9.17) is 17.7 Å². The van der Waals surface area contributed by atoms with Crippen molar-refractivity contribution in [2.24, 2.45) is 0 Å². The number of hydrogen-bond donors (Lipinski definition) is 2. The van der Waals surface area contributed by atoms with Gasteiger partial charge in [0.1, 0.15) is 25.3 Å². The van der Waals surface area contributed by atoms with E-state index in [-0.39, 0.29) is 24.8 Å². The Morgan fingerprint density at radius 1 is 0.490 bits per heavy atom. The molecule has 2 N–H and O–H groups in total.